The third-order valence-electron chi connectivity index (χ3n) is 4.59. The Hall–Kier alpha value is -2.69. The van der Waals surface area contributed by atoms with Crippen molar-refractivity contribution < 1.29 is 9.18 Å². The lowest BCUT2D eigenvalue weighted by Gasteiger charge is -2.32. The lowest BCUT2D eigenvalue weighted by Crippen LogP contribution is -2.39. The van der Waals surface area contributed by atoms with Crippen molar-refractivity contribution in [2.45, 2.75) is 18.8 Å². The SMILES string of the molecule is O=C(c1ccc(F)cc1)N1CCC[C@H](c2nc3ccccc3[nH]2)C1. The molecule has 1 amide bonds. The normalized spacial score (nSPS) is 18.0. The van der Waals surface area contributed by atoms with E-state index >= 15 is 0 Å². The van der Waals surface area contributed by atoms with Crippen molar-refractivity contribution in [3.63, 3.8) is 0 Å². The van der Waals surface area contributed by atoms with Crippen LogP contribution in [0.4, 0.5) is 4.39 Å². The summed E-state index contributed by atoms with van der Waals surface area (Å²) in [5.41, 5.74) is 2.51. The van der Waals surface area contributed by atoms with Gasteiger partial charge in [-0.05, 0) is 49.2 Å². The molecule has 4 nitrogen and oxygen atoms in total. The summed E-state index contributed by atoms with van der Waals surface area (Å²) in [6.07, 6.45) is 1.95. The number of H-pyrrole nitrogens is 1. The molecular weight excluding hydrogens is 305 g/mol. The van der Waals surface area contributed by atoms with Gasteiger partial charge in [0.15, 0.2) is 0 Å². The van der Waals surface area contributed by atoms with Gasteiger partial charge in [0.1, 0.15) is 11.6 Å². The number of carbonyl (C=O) groups is 1. The maximum absolute atomic E-state index is 13.0. The first kappa shape index (κ1) is 14.9. The van der Waals surface area contributed by atoms with Gasteiger partial charge in [-0.15, -0.1) is 0 Å². The maximum Gasteiger partial charge on any atom is 0.253 e. The quantitative estimate of drug-likeness (QED) is 0.781. The summed E-state index contributed by atoms with van der Waals surface area (Å²) >= 11 is 0. The monoisotopic (exact) mass is 323 g/mol. The lowest BCUT2D eigenvalue weighted by molar-refractivity contribution is 0.0705. The average Bonchev–Trinajstić information content (AvgIpc) is 3.06. The van der Waals surface area contributed by atoms with Crippen LogP contribution in [0.2, 0.25) is 0 Å². The number of halogens is 1. The fourth-order valence-electron chi connectivity index (χ4n) is 3.33. The largest absolute Gasteiger partial charge is 0.342 e. The van der Waals surface area contributed by atoms with E-state index < -0.39 is 0 Å². The molecule has 0 saturated carbocycles. The summed E-state index contributed by atoms with van der Waals surface area (Å²) in [4.78, 5) is 22.5. The van der Waals surface area contributed by atoms with Crippen molar-refractivity contribution in [1.29, 1.82) is 0 Å². The summed E-state index contributed by atoms with van der Waals surface area (Å²) < 4.78 is 13.0. The minimum atomic E-state index is -0.328. The molecule has 24 heavy (non-hydrogen) atoms. The highest BCUT2D eigenvalue weighted by atomic mass is 19.1. The molecule has 4 rings (SSSR count). The first-order valence-electron chi connectivity index (χ1n) is 8.20. The molecular formula is C19H18FN3O. The van der Waals surface area contributed by atoms with E-state index in [2.05, 4.69) is 9.97 Å². The van der Waals surface area contributed by atoms with Gasteiger partial charge in [-0.2, -0.15) is 0 Å². The smallest absolute Gasteiger partial charge is 0.253 e. The number of aromatic nitrogens is 2. The van der Waals surface area contributed by atoms with Crippen molar-refractivity contribution in [3.8, 4) is 0 Å². The van der Waals surface area contributed by atoms with E-state index in [1.807, 2.05) is 29.2 Å². The van der Waals surface area contributed by atoms with E-state index in [1.165, 1.54) is 12.1 Å². The zero-order valence-electron chi connectivity index (χ0n) is 13.2. The Bertz CT molecular complexity index is 839. The minimum absolute atomic E-state index is 0.0455. The zero-order valence-corrected chi connectivity index (χ0v) is 13.2. The molecule has 122 valence electrons. The molecule has 0 radical (unpaired) electrons. The number of aromatic amines is 1. The van der Waals surface area contributed by atoms with E-state index in [0.717, 1.165) is 36.2 Å². The van der Waals surface area contributed by atoms with Crippen LogP contribution in [-0.4, -0.2) is 33.9 Å². The number of amides is 1. The summed E-state index contributed by atoms with van der Waals surface area (Å²) in [5.74, 6) is 0.768. The Balaban J connectivity index is 1.54. The van der Waals surface area contributed by atoms with Crippen LogP contribution in [0.15, 0.2) is 48.5 Å². The molecule has 1 aliphatic heterocycles. The van der Waals surface area contributed by atoms with E-state index in [4.69, 9.17) is 0 Å². The van der Waals surface area contributed by atoms with Crippen LogP contribution in [0.5, 0.6) is 0 Å². The van der Waals surface area contributed by atoms with Gasteiger partial charge in [0.05, 0.1) is 11.0 Å². The molecule has 1 saturated heterocycles. The van der Waals surface area contributed by atoms with Gasteiger partial charge in [-0.3, -0.25) is 4.79 Å². The minimum Gasteiger partial charge on any atom is -0.342 e. The predicted octanol–water partition coefficient (Wildman–Crippen LogP) is 3.72. The predicted molar refractivity (Wildman–Crippen MR) is 90.4 cm³/mol. The topological polar surface area (TPSA) is 49.0 Å². The molecule has 5 heteroatoms. The van der Waals surface area contributed by atoms with Gasteiger partial charge in [-0.25, -0.2) is 9.37 Å². The van der Waals surface area contributed by atoms with E-state index in [9.17, 15) is 9.18 Å². The van der Waals surface area contributed by atoms with Crippen LogP contribution in [0.1, 0.15) is 34.9 Å². The van der Waals surface area contributed by atoms with Crippen molar-refractivity contribution >= 4 is 16.9 Å². The Morgan fingerprint density at radius 1 is 1.17 bits per heavy atom. The number of para-hydroxylation sites is 2. The number of hydrogen-bond donors (Lipinski definition) is 1. The van der Waals surface area contributed by atoms with Crippen LogP contribution >= 0.6 is 0 Å². The van der Waals surface area contributed by atoms with Crippen molar-refractivity contribution in [3.05, 3.63) is 65.7 Å². The number of imidazole rings is 1. The number of fused-ring (bicyclic) bond motifs is 1. The Morgan fingerprint density at radius 2 is 1.96 bits per heavy atom. The highest BCUT2D eigenvalue weighted by Crippen LogP contribution is 2.27. The van der Waals surface area contributed by atoms with Gasteiger partial charge in [0, 0.05) is 24.6 Å². The molecule has 1 aromatic heterocycles. The first-order valence-corrected chi connectivity index (χ1v) is 8.20. The van der Waals surface area contributed by atoms with E-state index in [-0.39, 0.29) is 17.6 Å². The Morgan fingerprint density at radius 3 is 2.75 bits per heavy atom. The van der Waals surface area contributed by atoms with E-state index in [1.54, 1.807) is 12.1 Å². The third-order valence-corrected chi connectivity index (χ3v) is 4.59. The van der Waals surface area contributed by atoms with Crippen LogP contribution in [0.25, 0.3) is 11.0 Å². The van der Waals surface area contributed by atoms with Crippen molar-refractivity contribution in [2.24, 2.45) is 0 Å². The second kappa shape index (κ2) is 6.07. The molecule has 0 bridgehead atoms. The van der Waals surface area contributed by atoms with Gasteiger partial charge < -0.3 is 9.88 Å². The first-order chi connectivity index (χ1) is 11.7. The number of nitrogens with one attached hydrogen (secondary N) is 1. The molecule has 3 aromatic rings. The van der Waals surface area contributed by atoms with Crippen molar-refractivity contribution in [2.75, 3.05) is 13.1 Å². The van der Waals surface area contributed by atoms with Crippen LogP contribution in [-0.2, 0) is 0 Å². The second-order valence-electron chi connectivity index (χ2n) is 6.24. The number of benzene rings is 2. The summed E-state index contributed by atoms with van der Waals surface area (Å²) in [6, 6.07) is 13.7. The Labute approximate surface area is 139 Å². The molecule has 1 aliphatic rings. The summed E-state index contributed by atoms with van der Waals surface area (Å²) in [6.45, 7) is 1.36. The molecule has 1 fully saturated rings. The standard InChI is InChI=1S/C19H18FN3O/c20-15-9-7-13(8-10-15)19(24)23-11-3-4-14(12-23)18-21-16-5-1-2-6-17(16)22-18/h1-2,5-10,14H,3-4,11-12H2,(H,21,22)/t14-/m0/s1. The van der Waals surface area contributed by atoms with Gasteiger partial charge in [-0.1, -0.05) is 12.1 Å². The summed E-state index contributed by atoms with van der Waals surface area (Å²) in [7, 11) is 0. The third kappa shape index (κ3) is 2.77. The van der Waals surface area contributed by atoms with Crippen molar-refractivity contribution in [1.82, 2.24) is 14.9 Å². The highest BCUT2D eigenvalue weighted by molar-refractivity contribution is 5.94. The van der Waals surface area contributed by atoms with Gasteiger partial charge >= 0.3 is 0 Å². The molecule has 0 aliphatic carbocycles. The Kier molecular flexibility index (Phi) is 3.76. The van der Waals surface area contributed by atoms with Crippen LogP contribution < -0.4 is 0 Å². The van der Waals surface area contributed by atoms with Gasteiger partial charge in [0.25, 0.3) is 5.91 Å². The van der Waals surface area contributed by atoms with E-state index in [0.29, 0.717) is 12.1 Å². The number of likely N-dealkylation sites (tertiary alicyclic amines) is 1. The molecule has 2 aromatic carbocycles. The number of nitrogens with zero attached hydrogens (tertiary/aromatic N) is 2. The number of hydrogen-bond acceptors (Lipinski definition) is 2. The summed E-state index contributed by atoms with van der Waals surface area (Å²) in [5, 5.41) is 0. The molecule has 1 N–H and O–H groups in total. The zero-order chi connectivity index (χ0) is 16.5. The molecule has 1 atom stereocenters. The molecule has 0 spiro atoms. The lowest BCUT2D eigenvalue weighted by atomic mass is 9.96. The fourth-order valence-corrected chi connectivity index (χ4v) is 3.33. The number of piperidine rings is 1. The maximum atomic E-state index is 13.0. The van der Waals surface area contributed by atoms with Crippen LogP contribution in [0, 0.1) is 5.82 Å². The molecule has 0 unspecified atom stereocenters. The second-order valence-corrected chi connectivity index (χ2v) is 6.24. The fraction of sp³-hybridized carbons (Fsp3) is 0.263. The van der Waals surface area contributed by atoms with Gasteiger partial charge in [0.2, 0.25) is 0 Å². The number of carbonyl (C=O) groups excluding carboxylic acids is 1. The molecule has 2 heterocycles. The highest BCUT2D eigenvalue weighted by Gasteiger charge is 2.27. The van der Waals surface area contributed by atoms with Crippen LogP contribution in [0.3, 0.4) is 0 Å². The number of rotatable bonds is 2. The average molecular weight is 323 g/mol.